The quantitative estimate of drug-likeness (QED) is 0.600. The number of aryl methyl sites for hydroxylation is 1. The number of aromatic nitrogens is 1. The standard InChI is InChI=1S/C11H17N/c1-3-11(2)7-6-10-12-8-4-5-9-12/h3-5,8-9H,6-7,10H2,1-2H3/b11-3-. The van der Waals surface area contributed by atoms with Crippen molar-refractivity contribution in [2.45, 2.75) is 33.2 Å². The Morgan fingerprint density at radius 2 is 2.00 bits per heavy atom. The van der Waals surface area contributed by atoms with Crippen LogP contribution in [0.4, 0.5) is 0 Å². The van der Waals surface area contributed by atoms with E-state index in [0.29, 0.717) is 0 Å². The molecule has 1 rings (SSSR count). The van der Waals surface area contributed by atoms with Crippen LogP contribution in [0.1, 0.15) is 26.7 Å². The molecule has 0 aliphatic carbocycles. The van der Waals surface area contributed by atoms with E-state index in [1.807, 2.05) is 0 Å². The lowest BCUT2D eigenvalue weighted by Gasteiger charge is -2.02. The summed E-state index contributed by atoms with van der Waals surface area (Å²) in [6.45, 7) is 5.43. The van der Waals surface area contributed by atoms with Crippen molar-refractivity contribution < 1.29 is 0 Å². The average Bonchev–Trinajstić information content (AvgIpc) is 2.57. The van der Waals surface area contributed by atoms with Crippen LogP contribution < -0.4 is 0 Å². The Labute approximate surface area is 74.7 Å². The SMILES string of the molecule is C/C=C(/C)CCCn1cccc1. The fraction of sp³-hybridized carbons (Fsp3) is 0.455. The summed E-state index contributed by atoms with van der Waals surface area (Å²) in [7, 11) is 0. The van der Waals surface area contributed by atoms with Crippen molar-refractivity contribution in [1.29, 1.82) is 0 Å². The van der Waals surface area contributed by atoms with Gasteiger partial charge in [-0.2, -0.15) is 0 Å². The summed E-state index contributed by atoms with van der Waals surface area (Å²) < 4.78 is 2.23. The molecule has 1 aromatic rings. The predicted molar refractivity (Wildman–Crippen MR) is 53.1 cm³/mol. The summed E-state index contributed by atoms with van der Waals surface area (Å²) in [6.07, 6.45) is 8.88. The fourth-order valence-corrected chi connectivity index (χ4v) is 1.20. The van der Waals surface area contributed by atoms with Crippen molar-refractivity contribution >= 4 is 0 Å². The van der Waals surface area contributed by atoms with E-state index in [0.717, 1.165) is 6.54 Å². The van der Waals surface area contributed by atoms with Crippen LogP contribution in [0.25, 0.3) is 0 Å². The molecular formula is C11H17N. The highest BCUT2D eigenvalue weighted by atomic mass is 14.9. The van der Waals surface area contributed by atoms with Gasteiger partial charge in [-0.3, -0.25) is 0 Å². The van der Waals surface area contributed by atoms with E-state index in [1.165, 1.54) is 18.4 Å². The second-order valence-electron chi connectivity index (χ2n) is 3.16. The Morgan fingerprint density at radius 1 is 1.33 bits per heavy atom. The highest BCUT2D eigenvalue weighted by Gasteiger charge is 1.90. The first-order chi connectivity index (χ1) is 5.83. The molecule has 1 heterocycles. The van der Waals surface area contributed by atoms with Gasteiger partial charge in [0.25, 0.3) is 0 Å². The van der Waals surface area contributed by atoms with Crippen LogP contribution in [0.5, 0.6) is 0 Å². The summed E-state index contributed by atoms with van der Waals surface area (Å²) in [4.78, 5) is 0. The van der Waals surface area contributed by atoms with E-state index < -0.39 is 0 Å². The van der Waals surface area contributed by atoms with Gasteiger partial charge >= 0.3 is 0 Å². The highest BCUT2D eigenvalue weighted by Crippen LogP contribution is 2.04. The highest BCUT2D eigenvalue weighted by molar-refractivity contribution is 4.95. The van der Waals surface area contributed by atoms with Crippen molar-refractivity contribution in [1.82, 2.24) is 4.57 Å². The van der Waals surface area contributed by atoms with Gasteiger partial charge in [0.1, 0.15) is 0 Å². The number of hydrogen-bond donors (Lipinski definition) is 0. The molecule has 0 aromatic carbocycles. The van der Waals surface area contributed by atoms with E-state index >= 15 is 0 Å². The Hall–Kier alpha value is -0.980. The number of allylic oxidation sites excluding steroid dienone is 2. The minimum absolute atomic E-state index is 1.14. The number of nitrogens with zero attached hydrogens (tertiary/aromatic N) is 1. The summed E-state index contributed by atoms with van der Waals surface area (Å²) in [5.74, 6) is 0. The van der Waals surface area contributed by atoms with Gasteiger partial charge in [0, 0.05) is 18.9 Å². The minimum atomic E-state index is 1.14. The maximum absolute atomic E-state index is 2.23. The van der Waals surface area contributed by atoms with E-state index in [1.54, 1.807) is 0 Å². The van der Waals surface area contributed by atoms with Crippen molar-refractivity contribution in [3.8, 4) is 0 Å². The molecule has 0 saturated heterocycles. The third-order valence-corrected chi connectivity index (χ3v) is 2.15. The van der Waals surface area contributed by atoms with Gasteiger partial charge in [0.15, 0.2) is 0 Å². The van der Waals surface area contributed by atoms with E-state index in [-0.39, 0.29) is 0 Å². The largest absolute Gasteiger partial charge is 0.354 e. The maximum Gasteiger partial charge on any atom is 0.0222 e. The van der Waals surface area contributed by atoms with Crippen molar-refractivity contribution in [2.24, 2.45) is 0 Å². The van der Waals surface area contributed by atoms with Crippen LogP contribution in [-0.4, -0.2) is 4.57 Å². The molecule has 0 atom stereocenters. The Balaban J connectivity index is 2.19. The Bertz CT molecular complexity index is 232. The van der Waals surface area contributed by atoms with Gasteiger partial charge < -0.3 is 4.57 Å². The second-order valence-corrected chi connectivity index (χ2v) is 3.16. The third kappa shape index (κ3) is 2.95. The van der Waals surface area contributed by atoms with Gasteiger partial charge in [-0.1, -0.05) is 11.6 Å². The normalized spacial score (nSPS) is 12.0. The molecule has 1 nitrogen and oxygen atoms in total. The van der Waals surface area contributed by atoms with Crippen LogP contribution in [0.3, 0.4) is 0 Å². The first-order valence-electron chi connectivity index (χ1n) is 4.55. The lowest BCUT2D eigenvalue weighted by atomic mass is 10.1. The van der Waals surface area contributed by atoms with Crippen molar-refractivity contribution in [3.05, 3.63) is 36.2 Å². The maximum atomic E-state index is 2.23. The van der Waals surface area contributed by atoms with Crippen LogP contribution in [-0.2, 0) is 6.54 Å². The Kier molecular flexibility index (Phi) is 3.65. The summed E-state index contributed by atoms with van der Waals surface area (Å²) >= 11 is 0. The molecule has 66 valence electrons. The van der Waals surface area contributed by atoms with Crippen LogP contribution >= 0.6 is 0 Å². The van der Waals surface area contributed by atoms with Gasteiger partial charge in [-0.15, -0.1) is 0 Å². The fourth-order valence-electron chi connectivity index (χ4n) is 1.20. The Morgan fingerprint density at radius 3 is 2.58 bits per heavy atom. The van der Waals surface area contributed by atoms with Gasteiger partial charge in [-0.25, -0.2) is 0 Å². The lowest BCUT2D eigenvalue weighted by Crippen LogP contribution is -1.93. The molecule has 0 aliphatic rings. The minimum Gasteiger partial charge on any atom is -0.354 e. The molecule has 0 radical (unpaired) electrons. The molecule has 1 heteroatoms. The number of rotatable bonds is 4. The number of hydrogen-bond acceptors (Lipinski definition) is 0. The molecule has 0 aliphatic heterocycles. The molecule has 0 amide bonds. The first-order valence-corrected chi connectivity index (χ1v) is 4.55. The molecule has 12 heavy (non-hydrogen) atoms. The molecule has 0 unspecified atom stereocenters. The molecular weight excluding hydrogens is 146 g/mol. The van der Waals surface area contributed by atoms with Crippen molar-refractivity contribution in [3.63, 3.8) is 0 Å². The van der Waals surface area contributed by atoms with Crippen LogP contribution in [0.15, 0.2) is 36.2 Å². The van der Waals surface area contributed by atoms with E-state index in [2.05, 4.69) is 49.0 Å². The monoisotopic (exact) mass is 163 g/mol. The average molecular weight is 163 g/mol. The molecule has 0 saturated carbocycles. The second kappa shape index (κ2) is 4.81. The topological polar surface area (TPSA) is 4.93 Å². The molecule has 0 bridgehead atoms. The molecule has 0 fully saturated rings. The van der Waals surface area contributed by atoms with Crippen molar-refractivity contribution in [2.75, 3.05) is 0 Å². The third-order valence-electron chi connectivity index (χ3n) is 2.15. The zero-order valence-corrected chi connectivity index (χ0v) is 7.96. The molecule has 0 N–H and O–H groups in total. The lowest BCUT2D eigenvalue weighted by molar-refractivity contribution is 0.643. The first kappa shape index (κ1) is 9.11. The zero-order valence-electron chi connectivity index (χ0n) is 7.96. The molecule has 0 spiro atoms. The van der Waals surface area contributed by atoms with Crippen LogP contribution in [0.2, 0.25) is 0 Å². The van der Waals surface area contributed by atoms with Gasteiger partial charge in [0.2, 0.25) is 0 Å². The van der Waals surface area contributed by atoms with Gasteiger partial charge in [-0.05, 0) is 38.8 Å². The van der Waals surface area contributed by atoms with Gasteiger partial charge in [0.05, 0.1) is 0 Å². The van der Waals surface area contributed by atoms with E-state index in [9.17, 15) is 0 Å². The summed E-state index contributed by atoms with van der Waals surface area (Å²) in [5.41, 5.74) is 1.49. The smallest absolute Gasteiger partial charge is 0.0222 e. The summed E-state index contributed by atoms with van der Waals surface area (Å²) in [6, 6.07) is 4.14. The zero-order chi connectivity index (χ0) is 8.81. The predicted octanol–water partition coefficient (Wildman–Crippen LogP) is 3.23. The van der Waals surface area contributed by atoms with E-state index in [4.69, 9.17) is 0 Å². The molecule has 1 aromatic heterocycles. The van der Waals surface area contributed by atoms with Crippen LogP contribution in [0, 0.1) is 0 Å². The summed E-state index contributed by atoms with van der Waals surface area (Å²) in [5, 5.41) is 0.